The van der Waals surface area contributed by atoms with E-state index >= 15 is 0 Å². The van der Waals surface area contributed by atoms with Crippen molar-refractivity contribution >= 4 is 21.9 Å². The molecule has 17 heavy (non-hydrogen) atoms. The number of aryl methyl sites for hydroxylation is 1. The average Bonchev–Trinajstić information content (AvgIpc) is 2.64. The molecule has 0 saturated carbocycles. The van der Waals surface area contributed by atoms with Crippen LogP contribution >= 0.6 is 0 Å². The Morgan fingerprint density at radius 2 is 1.94 bits per heavy atom. The molecule has 1 aromatic carbocycles. The first kappa shape index (κ1) is 9.71. The Hall–Kier alpha value is -2.50. The predicted molar refractivity (Wildman–Crippen MR) is 65.6 cm³/mol. The number of benzene rings is 1. The van der Waals surface area contributed by atoms with E-state index in [-0.39, 0.29) is 0 Å². The lowest BCUT2D eigenvalue weighted by Gasteiger charge is -1.95. The number of hydrogen-bond donors (Lipinski definition) is 3. The summed E-state index contributed by atoms with van der Waals surface area (Å²) in [4.78, 5) is 28.8. The van der Waals surface area contributed by atoms with Crippen molar-refractivity contribution in [1.29, 1.82) is 0 Å². The molecule has 0 aliphatic rings. The van der Waals surface area contributed by atoms with Gasteiger partial charge in [-0.3, -0.25) is 4.79 Å². The third-order valence-corrected chi connectivity index (χ3v) is 2.84. The van der Waals surface area contributed by atoms with Crippen LogP contribution in [0.3, 0.4) is 0 Å². The van der Waals surface area contributed by atoms with E-state index in [4.69, 9.17) is 5.84 Å². The zero-order valence-corrected chi connectivity index (χ0v) is 9.07. The molecule has 0 spiro atoms. The molecule has 3 rings (SSSR count). The molecule has 0 unspecified atom stereocenters. The summed E-state index contributed by atoms with van der Waals surface area (Å²) in [6, 6.07) is 5.69. The number of nitrogens with zero attached hydrogens (tertiary/aromatic N) is 1. The highest BCUT2D eigenvalue weighted by Crippen LogP contribution is 2.21. The van der Waals surface area contributed by atoms with E-state index in [2.05, 4.69) is 9.97 Å². The topological polar surface area (TPSA) is 96.7 Å². The summed E-state index contributed by atoms with van der Waals surface area (Å²) in [7, 11) is 0. The number of aromatic nitrogens is 3. The summed E-state index contributed by atoms with van der Waals surface area (Å²) in [6.07, 6.45) is 0. The molecule has 6 nitrogen and oxygen atoms in total. The molecule has 2 heterocycles. The SMILES string of the molecule is Cc1ccc2c(c1)[nH]c1c(=O)n(N)c(=O)[nH]c12. The highest BCUT2D eigenvalue weighted by atomic mass is 16.2. The van der Waals surface area contributed by atoms with Crippen LogP contribution in [0.4, 0.5) is 0 Å². The van der Waals surface area contributed by atoms with Crippen LogP contribution in [0.15, 0.2) is 27.8 Å². The van der Waals surface area contributed by atoms with E-state index in [1.54, 1.807) is 0 Å². The van der Waals surface area contributed by atoms with Gasteiger partial charge in [0.05, 0.1) is 5.52 Å². The molecule has 2 aromatic heterocycles. The maximum Gasteiger partial charge on any atom is 0.347 e. The second kappa shape index (κ2) is 3.00. The van der Waals surface area contributed by atoms with Crippen LogP contribution < -0.4 is 17.1 Å². The molecule has 0 atom stereocenters. The summed E-state index contributed by atoms with van der Waals surface area (Å²) < 4.78 is 0.560. The summed E-state index contributed by atoms with van der Waals surface area (Å²) in [5.41, 5.74) is 1.53. The minimum absolute atomic E-state index is 0.313. The number of rotatable bonds is 0. The number of hydrogen-bond acceptors (Lipinski definition) is 3. The fourth-order valence-electron chi connectivity index (χ4n) is 1.98. The van der Waals surface area contributed by atoms with E-state index in [1.165, 1.54) is 0 Å². The Bertz CT molecular complexity index is 853. The van der Waals surface area contributed by atoms with Crippen LogP contribution in [-0.4, -0.2) is 14.6 Å². The van der Waals surface area contributed by atoms with Gasteiger partial charge in [0, 0.05) is 10.9 Å². The third-order valence-electron chi connectivity index (χ3n) is 2.84. The molecule has 4 N–H and O–H groups in total. The van der Waals surface area contributed by atoms with Crippen molar-refractivity contribution < 1.29 is 0 Å². The maximum absolute atomic E-state index is 11.8. The number of nitrogen functional groups attached to an aromatic ring is 1. The average molecular weight is 230 g/mol. The first-order chi connectivity index (χ1) is 8.08. The van der Waals surface area contributed by atoms with Crippen LogP contribution in [0, 0.1) is 6.92 Å². The molecule has 0 aliphatic carbocycles. The predicted octanol–water partition coefficient (Wildman–Crippen LogP) is 0.193. The largest absolute Gasteiger partial charge is 0.349 e. The molecule has 0 bridgehead atoms. The van der Waals surface area contributed by atoms with Crippen molar-refractivity contribution in [1.82, 2.24) is 14.6 Å². The van der Waals surface area contributed by atoms with Crippen LogP contribution in [0.2, 0.25) is 0 Å². The monoisotopic (exact) mass is 230 g/mol. The Morgan fingerprint density at radius 1 is 1.18 bits per heavy atom. The second-order valence-electron chi connectivity index (χ2n) is 4.03. The zero-order valence-electron chi connectivity index (χ0n) is 9.07. The van der Waals surface area contributed by atoms with Crippen LogP contribution in [0.25, 0.3) is 21.9 Å². The Labute approximate surface area is 94.7 Å². The Morgan fingerprint density at radius 3 is 2.71 bits per heavy atom. The highest BCUT2D eigenvalue weighted by molar-refractivity contribution is 6.04. The molecule has 0 amide bonds. The van der Waals surface area contributed by atoms with Gasteiger partial charge in [0.2, 0.25) is 0 Å². The van der Waals surface area contributed by atoms with E-state index in [0.29, 0.717) is 15.7 Å². The standard InChI is InChI=1S/C11H10N4O2/c1-5-2-3-6-7(4-5)13-9-8(6)14-11(17)15(12)10(9)16/h2-4,13H,12H2,1H3,(H,14,17). The quantitative estimate of drug-likeness (QED) is 0.481. The van der Waals surface area contributed by atoms with Crippen molar-refractivity contribution in [3.8, 4) is 0 Å². The lowest BCUT2D eigenvalue weighted by molar-refractivity contribution is 0.855. The van der Waals surface area contributed by atoms with Gasteiger partial charge in [-0.05, 0) is 18.6 Å². The lowest BCUT2D eigenvalue weighted by atomic mass is 10.2. The molecule has 6 heteroatoms. The van der Waals surface area contributed by atoms with Crippen LogP contribution in [-0.2, 0) is 0 Å². The van der Waals surface area contributed by atoms with Crippen LogP contribution in [0.1, 0.15) is 5.56 Å². The Balaban J connectivity index is 2.66. The van der Waals surface area contributed by atoms with Gasteiger partial charge < -0.3 is 15.8 Å². The molecule has 0 radical (unpaired) electrons. The minimum Gasteiger partial charge on any atom is -0.349 e. The van der Waals surface area contributed by atoms with Gasteiger partial charge in [0.25, 0.3) is 5.56 Å². The molecule has 86 valence electrons. The Kier molecular flexibility index (Phi) is 1.72. The number of H-pyrrole nitrogens is 2. The summed E-state index contributed by atoms with van der Waals surface area (Å²) in [6.45, 7) is 1.95. The fourth-order valence-corrected chi connectivity index (χ4v) is 1.98. The van der Waals surface area contributed by atoms with Gasteiger partial charge in [-0.2, -0.15) is 4.68 Å². The highest BCUT2D eigenvalue weighted by Gasteiger charge is 2.10. The zero-order chi connectivity index (χ0) is 12.2. The summed E-state index contributed by atoms with van der Waals surface area (Å²) >= 11 is 0. The number of nitrogens with one attached hydrogen (secondary N) is 2. The lowest BCUT2D eigenvalue weighted by Crippen LogP contribution is -2.40. The van der Waals surface area contributed by atoms with E-state index in [0.717, 1.165) is 16.5 Å². The molecule has 0 saturated heterocycles. The first-order valence-electron chi connectivity index (χ1n) is 5.10. The van der Waals surface area contributed by atoms with Crippen LogP contribution in [0.5, 0.6) is 0 Å². The minimum atomic E-state index is -0.621. The first-order valence-corrected chi connectivity index (χ1v) is 5.10. The van der Waals surface area contributed by atoms with Gasteiger partial charge >= 0.3 is 5.69 Å². The second-order valence-corrected chi connectivity index (χ2v) is 4.03. The molecular weight excluding hydrogens is 220 g/mol. The van der Waals surface area contributed by atoms with Crippen molar-refractivity contribution in [2.24, 2.45) is 0 Å². The van der Waals surface area contributed by atoms with Gasteiger partial charge in [0.15, 0.2) is 0 Å². The van der Waals surface area contributed by atoms with Crippen molar-refractivity contribution in [3.63, 3.8) is 0 Å². The van der Waals surface area contributed by atoms with E-state index in [9.17, 15) is 9.59 Å². The third kappa shape index (κ3) is 1.20. The van der Waals surface area contributed by atoms with Crippen molar-refractivity contribution in [2.45, 2.75) is 6.92 Å². The van der Waals surface area contributed by atoms with Crippen molar-refractivity contribution in [2.75, 3.05) is 5.84 Å². The number of aromatic amines is 2. The molecular formula is C11H10N4O2. The summed E-state index contributed by atoms with van der Waals surface area (Å²) in [5.74, 6) is 5.34. The smallest absolute Gasteiger partial charge is 0.347 e. The molecule has 3 aromatic rings. The maximum atomic E-state index is 11.8. The van der Waals surface area contributed by atoms with Gasteiger partial charge in [-0.1, -0.05) is 12.1 Å². The number of fused-ring (bicyclic) bond motifs is 3. The van der Waals surface area contributed by atoms with E-state index in [1.807, 2.05) is 25.1 Å². The van der Waals surface area contributed by atoms with Crippen molar-refractivity contribution in [3.05, 3.63) is 44.6 Å². The fraction of sp³-hybridized carbons (Fsp3) is 0.0909. The normalized spacial score (nSPS) is 11.4. The molecule has 0 aliphatic heterocycles. The summed E-state index contributed by atoms with van der Waals surface area (Å²) in [5, 5.41) is 0.806. The number of nitrogens with two attached hydrogens (primary N) is 1. The van der Waals surface area contributed by atoms with Gasteiger partial charge in [0.1, 0.15) is 5.52 Å². The van der Waals surface area contributed by atoms with Gasteiger partial charge in [-0.15, -0.1) is 0 Å². The van der Waals surface area contributed by atoms with Gasteiger partial charge in [-0.25, -0.2) is 4.79 Å². The van der Waals surface area contributed by atoms with E-state index < -0.39 is 11.2 Å². The molecule has 0 fully saturated rings.